The van der Waals surface area contributed by atoms with Crippen LogP contribution in [0.15, 0.2) is 54.2 Å². The van der Waals surface area contributed by atoms with Crippen molar-refractivity contribution in [1.82, 2.24) is 14.8 Å². The molecule has 0 atom stereocenters. The van der Waals surface area contributed by atoms with Crippen LogP contribution >= 0.6 is 23.4 Å². The van der Waals surface area contributed by atoms with Gasteiger partial charge in [0.1, 0.15) is 12.4 Å². The van der Waals surface area contributed by atoms with Gasteiger partial charge in [0.25, 0.3) is 0 Å². The molecule has 0 aliphatic rings. The highest BCUT2D eigenvalue weighted by atomic mass is 35.5. The molecule has 1 aromatic heterocycles. The van der Waals surface area contributed by atoms with E-state index in [0.717, 1.165) is 11.1 Å². The third-order valence-electron chi connectivity index (χ3n) is 4.91. The molecule has 10 heteroatoms. The second-order valence-electron chi connectivity index (χ2n) is 7.56. The van der Waals surface area contributed by atoms with Crippen LogP contribution in [0.4, 0.5) is 5.69 Å². The van der Waals surface area contributed by atoms with Gasteiger partial charge in [-0.2, -0.15) is 0 Å². The lowest BCUT2D eigenvalue weighted by Crippen LogP contribution is -2.18. The third-order valence-corrected chi connectivity index (χ3v) is 6.47. The standard InChI is InChI=1S/C25H27ClN4O4S/c1-5-11-30-21(14-34-18-12-16(3)23(26)17(4)13-18)28-29-25(30)35-15-22(31)27-20-10-8-7-9-19(20)24(32)33-6-2/h5,7-10,12-13H,1,6,11,14-15H2,2-4H3,(H,27,31). The van der Waals surface area contributed by atoms with Gasteiger partial charge < -0.3 is 14.8 Å². The Labute approximate surface area is 213 Å². The number of nitrogens with one attached hydrogen (secondary N) is 1. The van der Waals surface area contributed by atoms with E-state index in [1.807, 2.05) is 30.5 Å². The van der Waals surface area contributed by atoms with Gasteiger partial charge in [0.15, 0.2) is 11.0 Å². The van der Waals surface area contributed by atoms with Crippen molar-refractivity contribution in [3.63, 3.8) is 0 Å². The van der Waals surface area contributed by atoms with E-state index in [1.165, 1.54) is 11.8 Å². The monoisotopic (exact) mass is 514 g/mol. The van der Waals surface area contributed by atoms with E-state index in [2.05, 4.69) is 22.1 Å². The zero-order valence-electron chi connectivity index (χ0n) is 19.8. The predicted octanol–water partition coefficient (Wildman–Crippen LogP) is 5.22. The van der Waals surface area contributed by atoms with Crippen molar-refractivity contribution in [2.75, 3.05) is 17.7 Å². The minimum Gasteiger partial charge on any atom is -0.486 e. The molecule has 1 N–H and O–H groups in total. The number of ether oxygens (including phenoxy) is 2. The zero-order chi connectivity index (χ0) is 25.4. The Kier molecular flexibility index (Phi) is 9.33. The van der Waals surface area contributed by atoms with Crippen LogP contribution < -0.4 is 10.1 Å². The first kappa shape index (κ1) is 26.3. The van der Waals surface area contributed by atoms with E-state index in [9.17, 15) is 9.59 Å². The fourth-order valence-electron chi connectivity index (χ4n) is 3.28. The average molecular weight is 515 g/mol. The molecule has 184 valence electrons. The maximum absolute atomic E-state index is 12.6. The highest BCUT2D eigenvalue weighted by molar-refractivity contribution is 7.99. The highest BCUT2D eigenvalue weighted by Crippen LogP contribution is 2.27. The summed E-state index contributed by atoms with van der Waals surface area (Å²) in [6.07, 6.45) is 1.73. The first-order chi connectivity index (χ1) is 16.8. The van der Waals surface area contributed by atoms with Gasteiger partial charge in [-0.25, -0.2) is 4.79 Å². The van der Waals surface area contributed by atoms with Crippen LogP contribution in [0, 0.1) is 13.8 Å². The molecule has 8 nitrogen and oxygen atoms in total. The number of carbonyl (C=O) groups excluding carboxylic acids is 2. The number of benzene rings is 2. The summed E-state index contributed by atoms with van der Waals surface area (Å²) in [4.78, 5) is 24.7. The lowest BCUT2D eigenvalue weighted by Gasteiger charge is -2.12. The number of allylic oxidation sites excluding steroid dienone is 1. The van der Waals surface area contributed by atoms with E-state index in [0.29, 0.717) is 39.5 Å². The van der Waals surface area contributed by atoms with Crippen LogP contribution in [0.3, 0.4) is 0 Å². The quantitative estimate of drug-likeness (QED) is 0.213. The van der Waals surface area contributed by atoms with Crippen LogP contribution in [-0.2, 0) is 22.7 Å². The molecule has 3 rings (SSSR count). The van der Waals surface area contributed by atoms with Crippen LogP contribution in [0.1, 0.15) is 34.2 Å². The van der Waals surface area contributed by atoms with Crippen LogP contribution in [-0.4, -0.2) is 39.0 Å². The van der Waals surface area contributed by atoms with Gasteiger partial charge in [-0.15, -0.1) is 16.8 Å². The first-order valence-corrected chi connectivity index (χ1v) is 12.3. The molecule has 0 spiro atoms. The van der Waals surface area contributed by atoms with Gasteiger partial charge >= 0.3 is 5.97 Å². The molecule has 2 aromatic carbocycles. The topological polar surface area (TPSA) is 95.3 Å². The molecule has 35 heavy (non-hydrogen) atoms. The summed E-state index contributed by atoms with van der Waals surface area (Å²) in [7, 11) is 0. The zero-order valence-corrected chi connectivity index (χ0v) is 21.4. The Morgan fingerprint density at radius 1 is 1.20 bits per heavy atom. The Morgan fingerprint density at radius 3 is 2.60 bits per heavy atom. The fourth-order valence-corrected chi connectivity index (χ4v) is 4.15. The van der Waals surface area contributed by atoms with Gasteiger partial charge in [0.2, 0.25) is 5.91 Å². The first-order valence-electron chi connectivity index (χ1n) is 10.9. The Balaban J connectivity index is 1.65. The highest BCUT2D eigenvalue weighted by Gasteiger charge is 2.17. The lowest BCUT2D eigenvalue weighted by atomic mass is 10.1. The number of hydrogen-bond donors (Lipinski definition) is 1. The molecule has 0 aliphatic heterocycles. The number of thioether (sulfide) groups is 1. The molecule has 0 bridgehead atoms. The molecule has 0 radical (unpaired) electrons. The summed E-state index contributed by atoms with van der Waals surface area (Å²) >= 11 is 7.46. The maximum atomic E-state index is 12.6. The summed E-state index contributed by atoms with van der Waals surface area (Å²) in [6.45, 7) is 10.3. The molecule has 1 heterocycles. The molecule has 1 amide bonds. The van der Waals surface area contributed by atoms with Crippen molar-refractivity contribution in [2.24, 2.45) is 0 Å². The Hall–Kier alpha value is -3.30. The molecule has 0 aliphatic carbocycles. The van der Waals surface area contributed by atoms with Crippen molar-refractivity contribution >= 4 is 40.9 Å². The Morgan fingerprint density at radius 2 is 1.91 bits per heavy atom. The van der Waals surface area contributed by atoms with E-state index in [1.54, 1.807) is 37.3 Å². The number of hydrogen-bond acceptors (Lipinski definition) is 7. The smallest absolute Gasteiger partial charge is 0.340 e. The number of nitrogens with zero attached hydrogens (tertiary/aromatic N) is 3. The molecule has 0 saturated carbocycles. The average Bonchev–Trinajstić information content (AvgIpc) is 3.22. The number of aromatic nitrogens is 3. The molecular formula is C25H27ClN4O4S. The number of carbonyl (C=O) groups is 2. The van der Waals surface area contributed by atoms with E-state index in [-0.39, 0.29) is 24.9 Å². The second kappa shape index (κ2) is 12.4. The number of esters is 1. The molecular weight excluding hydrogens is 488 g/mol. The molecule has 0 unspecified atom stereocenters. The lowest BCUT2D eigenvalue weighted by molar-refractivity contribution is -0.113. The Bertz CT molecular complexity index is 1200. The summed E-state index contributed by atoms with van der Waals surface area (Å²) in [5.74, 6) is 0.586. The molecule has 0 fully saturated rings. The van der Waals surface area contributed by atoms with Gasteiger partial charge in [-0.1, -0.05) is 41.6 Å². The normalized spacial score (nSPS) is 10.6. The molecule has 0 saturated heterocycles. The van der Waals surface area contributed by atoms with Crippen LogP contribution in [0.5, 0.6) is 5.75 Å². The third kappa shape index (κ3) is 6.86. The molecule has 3 aromatic rings. The van der Waals surface area contributed by atoms with E-state index >= 15 is 0 Å². The number of rotatable bonds is 11. The van der Waals surface area contributed by atoms with Gasteiger partial charge in [0, 0.05) is 11.6 Å². The van der Waals surface area contributed by atoms with Crippen molar-refractivity contribution < 1.29 is 19.1 Å². The maximum Gasteiger partial charge on any atom is 0.340 e. The number of amides is 1. The second-order valence-corrected chi connectivity index (χ2v) is 8.88. The van der Waals surface area contributed by atoms with Crippen LogP contribution in [0.2, 0.25) is 5.02 Å². The van der Waals surface area contributed by atoms with Crippen LogP contribution in [0.25, 0.3) is 0 Å². The number of anilines is 1. The summed E-state index contributed by atoms with van der Waals surface area (Å²) in [6, 6.07) is 10.5. The number of para-hydroxylation sites is 1. The summed E-state index contributed by atoms with van der Waals surface area (Å²) < 4.78 is 12.8. The van der Waals surface area contributed by atoms with Gasteiger partial charge in [-0.3, -0.25) is 9.36 Å². The largest absolute Gasteiger partial charge is 0.486 e. The number of halogens is 1. The summed E-state index contributed by atoms with van der Waals surface area (Å²) in [5.41, 5.74) is 2.56. The SMILES string of the molecule is C=CCn1c(COc2cc(C)c(Cl)c(C)c2)nnc1SCC(=O)Nc1ccccc1C(=O)OCC. The number of aryl methyl sites for hydroxylation is 2. The fraction of sp³-hybridized carbons (Fsp3) is 0.280. The van der Waals surface area contributed by atoms with Crippen molar-refractivity contribution in [1.29, 1.82) is 0 Å². The van der Waals surface area contributed by atoms with E-state index in [4.69, 9.17) is 21.1 Å². The van der Waals surface area contributed by atoms with E-state index < -0.39 is 5.97 Å². The summed E-state index contributed by atoms with van der Waals surface area (Å²) in [5, 5.41) is 12.5. The predicted molar refractivity (Wildman–Crippen MR) is 137 cm³/mol. The minimum atomic E-state index is -0.488. The van der Waals surface area contributed by atoms with Crippen molar-refractivity contribution in [2.45, 2.75) is 39.1 Å². The minimum absolute atomic E-state index is 0.0723. The van der Waals surface area contributed by atoms with Crippen molar-refractivity contribution in [3.8, 4) is 5.75 Å². The van der Waals surface area contributed by atoms with Crippen molar-refractivity contribution in [3.05, 3.63) is 76.6 Å². The van der Waals surface area contributed by atoms with Gasteiger partial charge in [-0.05, 0) is 56.2 Å². The van der Waals surface area contributed by atoms with Gasteiger partial charge in [0.05, 0.1) is 23.6 Å².